The molecular weight excluding hydrogens is 248 g/mol. The highest BCUT2D eigenvalue weighted by Crippen LogP contribution is 2.21. The molecule has 1 aliphatic rings. The van der Waals surface area contributed by atoms with E-state index in [0.29, 0.717) is 6.04 Å². The van der Waals surface area contributed by atoms with Crippen molar-refractivity contribution in [3.63, 3.8) is 0 Å². The normalized spacial score (nSPS) is 17.5. The Balaban J connectivity index is 1.92. The first-order chi connectivity index (χ1) is 9.70. The molecule has 0 heterocycles. The van der Waals surface area contributed by atoms with E-state index in [9.17, 15) is 4.79 Å². The van der Waals surface area contributed by atoms with Gasteiger partial charge in [0.15, 0.2) is 0 Å². The van der Waals surface area contributed by atoms with Crippen LogP contribution in [0.4, 0.5) is 4.79 Å². The van der Waals surface area contributed by atoms with Crippen molar-refractivity contribution in [1.82, 2.24) is 10.6 Å². The van der Waals surface area contributed by atoms with Crippen molar-refractivity contribution < 1.29 is 4.79 Å². The van der Waals surface area contributed by atoms with E-state index in [2.05, 4.69) is 36.6 Å². The zero-order valence-electron chi connectivity index (χ0n) is 12.6. The minimum absolute atomic E-state index is 0.0213. The number of aryl methyl sites for hydroxylation is 1. The lowest BCUT2D eigenvalue weighted by molar-refractivity contribution is 0.228. The predicted molar refractivity (Wildman–Crippen MR) is 82.8 cm³/mol. The Kier molecular flexibility index (Phi) is 5.45. The van der Waals surface area contributed by atoms with Gasteiger partial charge in [-0.25, -0.2) is 4.79 Å². The minimum atomic E-state index is -0.0213. The van der Waals surface area contributed by atoms with Crippen LogP contribution in [0.25, 0.3) is 0 Å². The Bertz CT molecular complexity index is 438. The summed E-state index contributed by atoms with van der Waals surface area (Å²) in [5.41, 5.74) is 2.45. The van der Waals surface area contributed by atoms with Crippen molar-refractivity contribution >= 4 is 6.03 Å². The van der Waals surface area contributed by atoms with Crippen LogP contribution in [0.2, 0.25) is 0 Å². The summed E-state index contributed by atoms with van der Waals surface area (Å²) in [6.07, 6.45) is 6.92. The first-order valence-electron chi connectivity index (χ1n) is 7.83. The molecule has 0 saturated heterocycles. The van der Waals surface area contributed by atoms with Crippen LogP contribution >= 0.6 is 0 Å². The van der Waals surface area contributed by atoms with E-state index in [1.807, 2.05) is 12.1 Å². The van der Waals surface area contributed by atoms with Crippen molar-refractivity contribution in [1.29, 1.82) is 0 Å². The van der Waals surface area contributed by atoms with Crippen LogP contribution in [0.15, 0.2) is 24.3 Å². The van der Waals surface area contributed by atoms with Gasteiger partial charge in [0.25, 0.3) is 0 Å². The second kappa shape index (κ2) is 7.32. The van der Waals surface area contributed by atoms with Crippen LogP contribution in [0.5, 0.6) is 0 Å². The van der Waals surface area contributed by atoms with E-state index in [-0.39, 0.29) is 12.1 Å². The van der Waals surface area contributed by atoms with E-state index in [1.165, 1.54) is 30.4 Å². The van der Waals surface area contributed by atoms with Gasteiger partial charge in [-0.1, -0.05) is 50.5 Å². The smallest absolute Gasteiger partial charge is 0.315 e. The van der Waals surface area contributed by atoms with Crippen LogP contribution in [-0.2, 0) is 0 Å². The van der Waals surface area contributed by atoms with Crippen LogP contribution in [0, 0.1) is 6.92 Å². The molecule has 1 atom stereocenters. The summed E-state index contributed by atoms with van der Waals surface area (Å²) in [4.78, 5) is 12.1. The Hall–Kier alpha value is -1.51. The largest absolute Gasteiger partial charge is 0.335 e. The Morgan fingerprint density at radius 1 is 1.25 bits per heavy atom. The molecule has 2 rings (SSSR count). The van der Waals surface area contributed by atoms with E-state index in [1.54, 1.807) is 0 Å². The van der Waals surface area contributed by atoms with Crippen LogP contribution < -0.4 is 10.6 Å². The third-order valence-corrected chi connectivity index (χ3v) is 4.22. The van der Waals surface area contributed by atoms with Gasteiger partial charge >= 0.3 is 6.03 Å². The molecular formula is C17H26N2O. The van der Waals surface area contributed by atoms with E-state index in [0.717, 1.165) is 19.3 Å². The number of carbonyl (C=O) groups excluding carboxylic acids is 1. The summed E-state index contributed by atoms with van der Waals surface area (Å²) >= 11 is 0. The zero-order chi connectivity index (χ0) is 14.4. The molecule has 1 saturated carbocycles. The summed E-state index contributed by atoms with van der Waals surface area (Å²) in [5.74, 6) is 0. The highest BCUT2D eigenvalue weighted by atomic mass is 16.2. The average Bonchev–Trinajstić information content (AvgIpc) is 2.46. The Morgan fingerprint density at radius 3 is 2.60 bits per heavy atom. The molecule has 3 heteroatoms. The number of carbonyl (C=O) groups is 1. The number of rotatable bonds is 4. The topological polar surface area (TPSA) is 41.1 Å². The van der Waals surface area contributed by atoms with Crippen LogP contribution in [-0.4, -0.2) is 12.1 Å². The molecule has 0 aliphatic heterocycles. The molecule has 1 unspecified atom stereocenters. The third-order valence-electron chi connectivity index (χ3n) is 4.22. The highest BCUT2D eigenvalue weighted by Gasteiger charge is 2.18. The van der Waals surface area contributed by atoms with Crippen molar-refractivity contribution in [3.8, 4) is 0 Å². The summed E-state index contributed by atoms with van der Waals surface area (Å²) < 4.78 is 0. The Labute approximate surface area is 122 Å². The van der Waals surface area contributed by atoms with Crippen molar-refractivity contribution in [2.45, 2.75) is 64.5 Å². The molecule has 20 heavy (non-hydrogen) atoms. The number of amides is 2. The quantitative estimate of drug-likeness (QED) is 0.853. The molecule has 2 amide bonds. The predicted octanol–water partition coefficient (Wildman–Crippen LogP) is 4.08. The van der Waals surface area contributed by atoms with Crippen LogP contribution in [0.1, 0.15) is 62.6 Å². The standard InChI is InChI=1S/C17H26N2O/c1-3-16(15-12-8-7-9-13(15)2)19-17(20)18-14-10-5-4-6-11-14/h7-9,12,14,16H,3-6,10-11H2,1-2H3,(H2,18,19,20). The van der Waals surface area contributed by atoms with Gasteiger partial charge in [-0.05, 0) is 37.3 Å². The first-order valence-corrected chi connectivity index (χ1v) is 7.83. The minimum Gasteiger partial charge on any atom is -0.335 e. The summed E-state index contributed by atoms with van der Waals surface area (Å²) in [5, 5.41) is 6.24. The van der Waals surface area contributed by atoms with E-state index < -0.39 is 0 Å². The lowest BCUT2D eigenvalue weighted by atomic mass is 9.95. The molecule has 3 nitrogen and oxygen atoms in total. The van der Waals surface area contributed by atoms with Gasteiger partial charge < -0.3 is 10.6 Å². The lowest BCUT2D eigenvalue weighted by Gasteiger charge is -2.25. The molecule has 0 radical (unpaired) electrons. The summed E-state index contributed by atoms with van der Waals surface area (Å²) in [6, 6.07) is 8.70. The average molecular weight is 274 g/mol. The van der Waals surface area contributed by atoms with Crippen molar-refractivity contribution in [2.24, 2.45) is 0 Å². The van der Waals surface area contributed by atoms with Gasteiger partial charge in [-0.2, -0.15) is 0 Å². The molecule has 110 valence electrons. The SMILES string of the molecule is CCC(NC(=O)NC1CCCCC1)c1ccccc1C. The number of benzene rings is 1. The highest BCUT2D eigenvalue weighted by molar-refractivity contribution is 5.74. The Morgan fingerprint density at radius 2 is 1.95 bits per heavy atom. The zero-order valence-corrected chi connectivity index (χ0v) is 12.6. The molecule has 0 aromatic heterocycles. The number of hydrogen-bond donors (Lipinski definition) is 2. The third kappa shape index (κ3) is 3.99. The van der Waals surface area contributed by atoms with Gasteiger partial charge in [0.05, 0.1) is 6.04 Å². The molecule has 1 aliphatic carbocycles. The van der Waals surface area contributed by atoms with E-state index >= 15 is 0 Å². The number of urea groups is 1. The fraction of sp³-hybridized carbons (Fsp3) is 0.588. The molecule has 0 bridgehead atoms. The van der Waals surface area contributed by atoms with Gasteiger partial charge in [0, 0.05) is 6.04 Å². The van der Waals surface area contributed by atoms with Gasteiger partial charge in [-0.15, -0.1) is 0 Å². The fourth-order valence-electron chi connectivity index (χ4n) is 3.01. The number of nitrogens with one attached hydrogen (secondary N) is 2. The van der Waals surface area contributed by atoms with Crippen molar-refractivity contribution in [2.75, 3.05) is 0 Å². The molecule has 1 aromatic rings. The molecule has 2 N–H and O–H groups in total. The molecule has 1 fully saturated rings. The second-order valence-electron chi connectivity index (χ2n) is 5.77. The molecule has 0 spiro atoms. The van der Waals surface area contributed by atoms with Crippen LogP contribution in [0.3, 0.4) is 0 Å². The van der Waals surface area contributed by atoms with Gasteiger partial charge in [-0.3, -0.25) is 0 Å². The summed E-state index contributed by atoms with van der Waals surface area (Å²) in [7, 11) is 0. The maximum atomic E-state index is 12.1. The van der Waals surface area contributed by atoms with Crippen molar-refractivity contribution in [3.05, 3.63) is 35.4 Å². The second-order valence-corrected chi connectivity index (χ2v) is 5.77. The first kappa shape index (κ1) is 14.9. The van der Waals surface area contributed by atoms with E-state index in [4.69, 9.17) is 0 Å². The maximum absolute atomic E-state index is 12.1. The maximum Gasteiger partial charge on any atom is 0.315 e. The lowest BCUT2D eigenvalue weighted by Crippen LogP contribution is -2.44. The van der Waals surface area contributed by atoms with Gasteiger partial charge in [0.2, 0.25) is 0 Å². The number of hydrogen-bond acceptors (Lipinski definition) is 1. The monoisotopic (exact) mass is 274 g/mol. The van der Waals surface area contributed by atoms with Gasteiger partial charge in [0.1, 0.15) is 0 Å². The summed E-state index contributed by atoms with van der Waals surface area (Å²) in [6.45, 7) is 4.21. The molecule has 1 aromatic carbocycles. The fourth-order valence-corrected chi connectivity index (χ4v) is 3.01.